The lowest BCUT2D eigenvalue weighted by Gasteiger charge is -2.26. The summed E-state index contributed by atoms with van der Waals surface area (Å²) in [6, 6.07) is 7.35. The second-order valence-electron chi connectivity index (χ2n) is 5.98. The first-order valence-electron chi connectivity index (χ1n) is 8.39. The summed E-state index contributed by atoms with van der Waals surface area (Å²) in [5, 5.41) is 0. The van der Waals surface area contributed by atoms with Gasteiger partial charge in [0.05, 0.1) is 32.7 Å². The molecule has 1 aromatic rings. The molecule has 6 nitrogen and oxygen atoms in total. The van der Waals surface area contributed by atoms with Crippen molar-refractivity contribution in [3.05, 3.63) is 29.8 Å². The number of unbranched alkanes of at least 4 members (excludes halogenated alkanes) is 2. The predicted molar refractivity (Wildman–Crippen MR) is 92.7 cm³/mol. The van der Waals surface area contributed by atoms with Crippen LogP contribution in [-0.2, 0) is 25.6 Å². The van der Waals surface area contributed by atoms with Gasteiger partial charge < -0.3 is 9.47 Å². The van der Waals surface area contributed by atoms with Gasteiger partial charge in [0.2, 0.25) is 0 Å². The number of hydrogen-bond donors (Lipinski definition) is 0. The second-order valence-corrected chi connectivity index (χ2v) is 7.62. The van der Waals surface area contributed by atoms with E-state index in [0.717, 1.165) is 63.3 Å². The summed E-state index contributed by atoms with van der Waals surface area (Å²) in [7, 11) is -3.42. The van der Waals surface area contributed by atoms with Gasteiger partial charge in [-0.05, 0) is 43.5 Å². The van der Waals surface area contributed by atoms with Crippen LogP contribution in [0.3, 0.4) is 0 Å². The van der Waals surface area contributed by atoms with Crippen molar-refractivity contribution in [3.8, 4) is 5.75 Å². The molecule has 1 saturated heterocycles. The Hall–Kier alpha value is -1.15. The summed E-state index contributed by atoms with van der Waals surface area (Å²) in [5.41, 5.74) is 0.783. The van der Waals surface area contributed by atoms with Crippen molar-refractivity contribution in [2.45, 2.75) is 25.9 Å². The van der Waals surface area contributed by atoms with Gasteiger partial charge in [-0.15, -0.1) is 0 Å². The van der Waals surface area contributed by atoms with Crippen molar-refractivity contribution in [1.29, 1.82) is 0 Å². The van der Waals surface area contributed by atoms with E-state index in [-0.39, 0.29) is 6.61 Å². The lowest BCUT2D eigenvalue weighted by Crippen LogP contribution is -2.36. The van der Waals surface area contributed by atoms with Gasteiger partial charge in [-0.25, -0.2) is 0 Å². The molecule has 0 radical (unpaired) electrons. The van der Waals surface area contributed by atoms with Crippen molar-refractivity contribution in [2.24, 2.45) is 0 Å². The molecule has 1 heterocycles. The number of ether oxygens (including phenoxy) is 2. The van der Waals surface area contributed by atoms with Crippen LogP contribution in [0.25, 0.3) is 0 Å². The third kappa shape index (κ3) is 8.10. The number of benzene rings is 1. The number of nitrogens with zero attached hydrogens (tertiary/aromatic N) is 1. The van der Waals surface area contributed by atoms with Crippen molar-refractivity contribution < 1.29 is 22.1 Å². The molecule has 0 bridgehead atoms. The molecule has 0 spiro atoms. The Kier molecular flexibility index (Phi) is 7.98. The van der Waals surface area contributed by atoms with Crippen LogP contribution in [-0.4, -0.2) is 59.0 Å². The Morgan fingerprint density at radius 3 is 2.71 bits per heavy atom. The number of morpholine rings is 1. The van der Waals surface area contributed by atoms with Crippen LogP contribution in [0.1, 0.15) is 24.8 Å². The third-order valence-electron chi connectivity index (χ3n) is 3.83. The molecule has 24 heavy (non-hydrogen) atoms. The average Bonchev–Trinajstić information content (AvgIpc) is 2.57. The molecule has 0 unspecified atom stereocenters. The highest BCUT2D eigenvalue weighted by molar-refractivity contribution is 7.85. The number of rotatable bonds is 10. The van der Waals surface area contributed by atoms with E-state index in [9.17, 15) is 8.42 Å². The highest BCUT2D eigenvalue weighted by Gasteiger charge is 2.09. The molecule has 0 N–H and O–H groups in total. The van der Waals surface area contributed by atoms with Crippen LogP contribution in [0.15, 0.2) is 24.3 Å². The second kappa shape index (κ2) is 9.98. The van der Waals surface area contributed by atoms with E-state index in [1.165, 1.54) is 6.42 Å². The van der Waals surface area contributed by atoms with E-state index >= 15 is 0 Å². The molecule has 2 rings (SSSR count). The predicted octanol–water partition coefficient (Wildman–Crippen LogP) is 2.04. The van der Waals surface area contributed by atoms with Crippen molar-refractivity contribution in [2.75, 3.05) is 45.7 Å². The maximum Gasteiger partial charge on any atom is 0.264 e. The Morgan fingerprint density at radius 1 is 1.17 bits per heavy atom. The van der Waals surface area contributed by atoms with Gasteiger partial charge >= 0.3 is 0 Å². The Balaban J connectivity index is 1.59. The fourth-order valence-corrected chi connectivity index (χ4v) is 2.88. The van der Waals surface area contributed by atoms with Crippen molar-refractivity contribution in [3.63, 3.8) is 0 Å². The highest BCUT2D eigenvalue weighted by Crippen LogP contribution is 2.15. The molecule has 1 aromatic carbocycles. The fraction of sp³-hybridized carbons (Fsp3) is 0.647. The summed E-state index contributed by atoms with van der Waals surface area (Å²) < 4.78 is 37.9. The Morgan fingerprint density at radius 2 is 1.96 bits per heavy atom. The molecule has 1 aliphatic rings. The van der Waals surface area contributed by atoms with Gasteiger partial charge in [0.15, 0.2) is 0 Å². The lowest BCUT2D eigenvalue weighted by atomic mass is 10.2. The minimum absolute atomic E-state index is 0.0373. The van der Waals surface area contributed by atoms with Crippen molar-refractivity contribution in [1.82, 2.24) is 4.90 Å². The minimum atomic E-state index is -3.42. The smallest absolute Gasteiger partial charge is 0.264 e. The standard InChI is InChI=1S/C17H27NO5S/c1-24(19,20)23-15-16-6-5-7-17(14-16)22-11-4-2-3-8-18-9-12-21-13-10-18/h5-7,14H,2-4,8-13,15H2,1H3. The van der Waals surface area contributed by atoms with Gasteiger partial charge in [-0.3, -0.25) is 9.08 Å². The normalized spacial score (nSPS) is 16.2. The molecular weight excluding hydrogens is 330 g/mol. The molecule has 0 aliphatic carbocycles. The molecular formula is C17H27NO5S. The summed E-state index contributed by atoms with van der Waals surface area (Å²) in [4.78, 5) is 2.44. The van der Waals surface area contributed by atoms with Gasteiger partial charge in [0.1, 0.15) is 5.75 Å². The molecule has 0 amide bonds. The largest absolute Gasteiger partial charge is 0.494 e. The third-order valence-corrected chi connectivity index (χ3v) is 4.38. The van der Waals surface area contributed by atoms with E-state index in [4.69, 9.17) is 13.7 Å². The van der Waals surface area contributed by atoms with Crippen LogP contribution in [0.5, 0.6) is 5.75 Å². The van der Waals surface area contributed by atoms with Crippen LogP contribution < -0.4 is 4.74 Å². The summed E-state index contributed by atoms with van der Waals surface area (Å²) in [6.45, 7) is 5.61. The van der Waals surface area contributed by atoms with E-state index in [2.05, 4.69) is 4.90 Å². The first-order chi connectivity index (χ1) is 11.5. The number of hydrogen-bond acceptors (Lipinski definition) is 6. The zero-order chi connectivity index (χ0) is 17.3. The quantitative estimate of drug-likeness (QED) is 0.472. The van der Waals surface area contributed by atoms with Gasteiger partial charge in [-0.1, -0.05) is 12.1 Å². The van der Waals surface area contributed by atoms with E-state index in [1.54, 1.807) is 0 Å². The molecule has 0 saturated carbocycles. The average molecular weight is 357 g/mol. The van der Waals surface area contributed by atoms with Gasteiger partial charge in [0.25, 0.3) is 10.1 Å². The first-order valence-corrected chi connectivity index (χ1v) is 10.2. The van der Waals surface area contributed by atoms with Crippen molar-refractivity contribution >= 4 is 10.1 Å². The zero-order valence-corrected chi connectivity index (χ0v) is 15.1. The molecule has 0 atom stereocenters. The molecule has 7 heteroatoms. The van der Waals surface area contributed by atoms with Gasteiger partial charge in [-0.2, -0.15) is 8.42 Å². The SMILES string of the molecule is CS(=O)(=O)OCc1cccc(OCCCCCN2CCOCC2)c1. The fourth-order valence-electron chi connectivity index (χ4n) is 2.53. The van der Waals surface area contributed by atoms with E-state index in [1.807, 2.05) is 24.3 Å². The van der Waals surface area contributed by atoms with Crippen LogP contribution in [0.4, 0.5) is 0 Å². The van der Waals surface area contributed by atoms with E-state index in [0.29, 0.717) is 6.61 Å². The molecule has 0 aromatic heterocycles. The van der Waals surface area contributed by atoms with Gasteiger partial charge in [0, 0.05) is 13.1 Å². The topological polar surface area (TPSA) is 65.1 Å². The monoisotopic (exact) mass is 357 g/mol. The summed E-state index contributed by atoms with van der Waals surface area (Å²) in [6.07, 6.45) is 4.36. The maximum absolute atomic E-state index is 11.0. The first kappa shape index (κ1) is 19.2. The van der Waals surface area contributed by atoms with Crippen LogP contribution in [0, 0.1) is 0 Å². The minimum Gasteiger partial charge on any atom is -0.494 e. The van der Waals surface area contributed by atoms with Crippen LogP contribution >= 0.6 is 0 Å². The Labute approximate surface area is 144 Å². The zero-order valence-electron chi connectivity index (χ0n) is 14.3. The lowest BCUT2D eigenvalue weighted by molar-refractivity contribution is 0.0370. The summed E-state index contributed by atoms with van der Waals surface area (Å²) in [5.74, 6) is 0.748. The van der Waals surface area contributed by atoms with Crippen LogP contribution in [0.2, 0.25) is 0 Å². The molecule has 1 fully saturated rings. The highest BCUT2D eigenvalue weighted by atomic mass is 32.2. The molecule has 136 valence electrons. The Bertz CT molecular complexity index is 584. The summed E-state index contributed by atoms with van der Waals surface area (Å²) >= 11 is 0. The maximum atomic E-state index is 11.0. The molecule has 1 aliphatic heterocycles. The van der Waals surface area contributed by atoms with E-state index < -0.39 is 10.1 Å².